The Balaban J connectivity index is 1.76. The summed E-state index contributed by atoms with van der Waals surface area (Å²) in [6.07, 6.45) is 3.70. The Kier molecular flexibility index (Phi) is 7.72. The number of carbonyl (C=O) groups is 1. The van der Waals surface area contributed by atoms with E-state index >= 15 is 0 Å². The first kappa shape index (κ1) is 18.9. The van der Waals surface area contributed by atoms with Crippen LogP contribution >= 0.6 is 11.6 Å². The number of anilines is 1. The number of likely N-dealkylation sites (tertiary alicyclic amines) is 1. The van der Waals surface area contributed by atoms with E-state index in [-0.39, 0.29) is 12.4 Å². The summed E-state index contributed by atoms with van der Waals surface area (Å²) in [6.45, 7) is 6.93. The minimum atomic E-state index is -0.0338. The number of aliphatic hydroxyl groups is 1. The van der Waals surface area contributed by atoms with Gasteiger partial charge >= 0.3 is 0 Å². The van der Waals surface area contributed by atoms with Crippen molar-refractivity contribution < 1.29 is 9.90 Å². The maximum absolute atomic E-state index is 11.9. The zero-order chi connectivity index (χ0) is 17.4. The average Bonchev–Trinajstić information content (AvgIpc) is 2.58. The predicted octanol–water partition coefficient (Wildman–Crippen LogP) is 2.05. The highest BCUT2D eigenvalue weighted by atomic mass is 35.5. The van der Waals surface area contributed by atoms with E-state index in [1.54, 1.807) is 12.1 Å². The molecule has 1 aromatic rings. The van der Waals surface area contributed by atoms with E-state index < -0.39 is 0 Å². The topological polar surface area (TPSA) is 64.6 Å². The molecule has 5 nitrogen and oxygen atoms in total. The summed E-state index contributed by atoms with van der Waals surface area (Å²) in [7, 11) is 0. The van der Waals surface area contributed by atoms with Crippen LogP contribution in [-0.4, -0.2) is 54.6 Å². The number of nitrogens with one attached hydrogen (secondary N) is 2. The molecule has 0 saturated carbocycles. The Morgan fingerprint density at radius 3 is 2.83 bits per heavy atom. The number of halogens is 1. The molecule has 1 saturated heterocycles. The third-order valence-electron chi connectivity index (χ3n) is 4.20. The van der Waals surface area contributed by atoms with Crippen molar-refractivity contribution in [3.8, 4) is 0 Å². The lowest BCUT2D eigenvalue weighted by Crippen LogP contribution is -2.43. The molecule has 1 aliphatic rings. The first-order valence-corrected chi connectivity index (χ1v) is 8.71. The Bertz CT molecular complexity index is 557. The highest BCUT2D eigenvalue weighted by Crippen LogP contribution is 2.23. The van der Waals surface area contributed by atoms with Crippen LogP contribution in [-0.2, 0) is 11.4 Å². The normalized spacial score (nSPS) is 16.1. The molecule has 1 aliphatic heterocycles. The second kappa shape index (κ2) is 9.79. The monoisotopic (exact) mass is 351 g/mol. The fraction of sp³-hybridized carbons (Fsp3) is 0.500. The van der Waals surface area contributed by atoms with Crippen LogP contribution in [0.4, 0.5) is 5.69 Å². The Morgan fingerprint density at radius 1 is 1.42 bits per heavy atom. The van der Waals surface area contributed by atoms with Crippen molar-refractivity contribution in [3.05, 3.63) is 41.4 Å². The molecule has 0 bridgehead atoms. The van der Waals surface area contributed by atoms with Crippen molar-refractivity contribution in [1.29, 1.82) is 0 Å². The summed E-state index contributed by atoms with van der Waals surface area (Å²) in [6, 6.07) is 5.87. The molecule has 1 aromatic carbocycles. The van der Waals surface area contributed by atoms with E-state index in [1.807, 2.05) is 12.1 Å². The number of aliphatic hydroxyl groups excluding tert-OH is 1. The molecule has 0 aromatic heterocycles. The SMILES string of the molecule is C=CCNCC(=O)CN1CCC(Nc2ccc(Cl)cc2CO)CC1. The van der Waals surface area contributed by atoms with Gasteiger partial charge in [-0.05, 0) is 31.0 Å². The zero-order valence-electron chi connectivity index (χ0n) is 13.9. The van der Waals surface area contributed by atoms with Gasteiger partial charge in [0.15, 0.2) is 5.78 Å². The summed E-state index contributed by atoms with van der Waals surface area (Å²) in [5.74, 6) is 0.212. The number of hydrogen-bond donors (Lipinski definition) is 3. The zero-order valence-corrected chi connectivity index (χ0v) is 14.7. The van der Waals surface area contributed by atoms with Gasteiger partial charge in [-0.1, -0.05) is 17.7 Å². The molecule has 0 amide bonds. The van der Waals surface area contributed by atoms with Gasteiger partial charge in [0.2, 0.25) is 0 Å². The van der Waals surface area contributed by atoms with Crippen LogP contribution in [0.25, 0.3) is 0 Å². The number of carbonyl (C=O) groups excluding carboxylic acids is 1. The number of ketones is 1. The molecule has 1 fully saturated rings. The van der Waals surface area contributed by atoms with Crippen LogP contribution < -0.4 is 10.6 Å². The van der Waals surface area contributed by atoms with Crippen molar-refractivity contribution in [1.82, 2.24) is 10.2 Å². The quantitative estimate of drug-likeness (QED) is 0.469. The van der Waals surface area contributed by atoms with Crippen molar-refractivity contribution >= 4 is 23.1 Å². The van der Waals surface area contributed by atoms with Gasteiger partial charge in [0, 0.05) is 41.9 Å². The number of hydrogen-bond acceptors (Lipinski definition) is 5. The van der Waals surface area contributed by atoms with E-state index in [4.69, 9.17) is 11.6 Å². The lowest BCUT2D eigenvalue weighted by molar-refractivity contribution is -0.119. The van der Waals surface area contributed by atoms with Crippen LogP contribution in [0.5, 0.6) is 0 Å². The van der Waals surface area contributed by atoms with Gasteiger partial charge < -0.3 is 15.7 Å². The van der Waals surface area contributed by atoms with Crippen LogP contribution in [0, 0.1) is 0 Å². The molecule has 0 atom stereocenters. The molecule has 1 heterocycles. The number of rotatable bonds is 9. The number of piperidine rings is 1. The third-order valence-corrected chi connectivity index (χ3v) is 4.43. The van der Waals surface area contributed by atoms with Gasteiger partial charge in [-0.3, -0.25) is 9.69 Å². The largest absolute Gasteiger partial charge is 0.392 e. The first-order valence-electron chi connectivity index (χ1n) is 8.34. The molecule has 2 rings (SSSR count). The summed E-state index contributed by atoms with van der Waals surface area (Å²) in [5, 5.41) is 16.6. The van der Waals surface area contributed by atoms with Crippen molar-refractivity contribution in [2.75, 3.05) is 38.0 Å². The van der Waals surface area contributed by atoms with Crippen molar-refractivity contribution in [3.63, 3.8) is 0 Å². The fourth-order valence-electron chi connectivity index (χ4n) is 2.91. The molecular weight excluding hydrogens is 326 g/mol. The average molecular weight is 352 g/mol. The van der Waals surface area contributed by atoms with Crippen molar-refractivity contribution in [2.45, 2.75) is 25.5 Å². The van der Waals surface area contributed by atoms with Crippen LogP contribution in [0.3, 0.4) is 0 Å². The minimum absolute atomic E-state index is 0.0338. The second-order valence-corrected chi connectivity index (χ2v) is 6.55. The summed E-state index contributed by atoms with van der Waals surface area (Å²) >= 11 is 5.96. The summed E-state index contributed by atoms with van der Waals surface area (Å²) in [5.41, 5.74) is 1.75. The third kappa shape index (κ3) is 5.91. The molecule has 0 spiro atoms. The molecule has 0 aliphatic carbocycles. The smallest absolute Gasteiger partial charge is 0.160 e. The van der Waals surface area contributed by atoms with E-state index in [0.717, 1.165) is 37.2 Å². The van der Waals surface area contributed by atoms with Gasteiger partial charge in [-0.2, -0.15) is 0 Å². The first-order chi connectivity index (χ1) is 11.6. The van der Waals surface area contributed by atoms with E-state index in [9.17, 15) is 9.90 Å². The minimum Gasteiger partial charge on any atom is -0.392 e. The van der Waals surface area contributed by atoms with Crippen molar-refractivity contribution in [2.24, 2.45) is 0 Å². The molecule has 0 unspecified atom stereocenters. The van der Waals surface area contributed by atoms with E-state index in [1.165, 1.54) is 0 Å². The van der Waals surface area contributed by atoms with E-state index in [0.29, 0.717) is 30.7 Å². The van der Waals surface area contributed by atoms with Crippen LogP contribution in [0.15, 0.2) is 30.9 Å². The Hall–Kier alpha value is -1.40. The molecule has 24 heavy (non-hydrogen) atoms. The maximum atomic E-state index is 11.9. The summed E-state index contributed by atoms with van der Waals surface area (Å²) in [4.78, 5) is 14.1. The van der Waals surface area contributed by atoms with Gasteiger partial charge in [-0.15, -0.1) is 6.58 Å². The predicted molar refractivity (Wildman–Crippen MR) is 98.5 cm³/mol. The van der Waals surface area contributed by atoms with E-state index in [2.05, 4.69) is 22.1 Å². The Morgan fingerprint density at radius 2 is 2.17 bits per heavy atom. The van der Waals surface area contributed by atoms with Gasteiger partial charge in [0.1, 0.15) is 0 Å². The molecule has 3 N–H and O–H groups in total. The highest BCUT2D eigenvalue weighted by molar-refractivity contribution is 6.30. The van der Waals surface area contributed by atoms with Crippen LogP contribution in [0.1, 0.15) is 18.4 Å². The summed E-state index contributed by atoms with van der Waals surface area (Å²) < 4.78 is 0. The van der Waals surface area contributed by atoms with Gasteiger partial charge in [0.25, 0.3) is 0 Å². The number of nitrogens with zero attached hydrogens (tertiary/aromatic N) is 1. The van der Waals surface area contributed by atoms with Crippen LogP contribution in [0.2, 0.25) is 5.02 Å². The highest BCUT2D eigenvalue weighted by Gasteiger charge is 2.21. The maximum Gasteiger partial charge on any atom is 0.160 e. The second-order valence-electron chi connectivity index (χ2n) is 6.11. The van der Waals surface area contributed by atoms with Gasteiger partial charge in [0.05, 0.1) is 19.7 Å². The number of Topliss-reactive ketones (excluding diaryl/α,β-unsaturated/α-hetero) is 1. The Labute approximate surface area is 148 Å². The molecule has 0 radical (unpaired) electrons. The number of benzene rings is 1. The fourth-order valence-corrected chi connectivity index (χ4v) is 3.10. The molecule has 6 heteroatoms. The lowest BCUT2D eigenvalue weighted by atomic mass is 10.0. The molecular formula is C18H26ClN3O2. The lowest BCUT2D eigenvalue weighted by Gasteiger charge is -2.32. The van der Waals surface area contributed by atoms with Gasteiger partial charge in [-0.25, -0.2) is 0 Å². The molecule has 132 valence electrons. The standard InChI is InChI=1S/C18H26ClN3O2/c1-2-7-20-11-17(24)12-22-8-5-16(6-9-22)21-18-4-3-15(19)10-14(18)13-23/h2-4,10,16,20-21,23H,1,5-9,11-13H2.